The van der Waals surface area contributed by atoms with Gasteiger partial charge in [-0.2, -0.15) is 22.8 Å². The van der Waals surface area contributed by atoms with Gasteiger partial charge in [-0.1, -0.05) is 30.7 Å². The smallest absolute Gasteiger partial charge is 0.416 e. The maximum Gasteiger partial charge on any atom is 0.416 e. The molecule has 0 aliphatic heterocycles. The lowest BCUT2D eigenvalue weighted by Crippen LogP contribution is -2.28. The Hall–Kier alpha value is -4.35. The van der Waals surface area contributed by atoms with Crippen molar-refractivity contribution in [2.45, 2.75) is 37.8 Å². The Balaban J connectivity index is 0.00000107. The number of hydrogen-bond donors (Lipinski definition) is 2. The number of aromatic nitrogens is 4. The summed E-state index contributed by atoms with van der Waals surface area (Å²) in [6, 6.07) is 13.8. The number of benzene rings is 2. The molecule has 0 spiro atoms. The summed E-state index contributed by atoms with van der Waals surface area (Å²) < 4.78 is 54.1. The predicted molar refractivity (Wildman–Crippen MR) is 130 cm³/mol. The average molecular weight is 529 g/mol. The zero-order valence-corrected chi connectivity index (χ0v) is 19.9. The number of rotatable bonds is 4. The number of fused-ring (bicyclic) bond motifs is 1. The third-order valence-electron chi connectivity index (χ3n) is 6.44. The number of carbonyl (C=O) groups excluding carboxylic acids is 1. The van der Waals surface area contributed by atoms with Crippen LogP contribution >= 0.6 is 0 Å². The third-order valence-corrected chi connectivity index (χ3v) is 6.44. The van der Waals surface area contributed by atoms with Crippen molar-refractivity contribution in [3.8, 4) is 11.3 Å². The minimum atomic E-state index is -4.64. The molecule has 4 aromatic rings. The number of hydrogen-bond acceptors (Lipinski definition) is 5. The summed E-state index contributed by atoms with van der Waals surface area (Å²) >= 11 is 0. The molecule has 2 atom stereocenters. The number of carbonyl (C=O) groups is 2. The number of nitrogens with one attached hydrogen (secondary N) is 1. The molecule has 0 saturated heterocycles. The Morgan fingerprint density at radius 2 is 1.82 bits per heavy atom. The van der Waals surface area contributed by atoms with Gasteiger partial charge in [-0.05, 0) is 61.1 Å². The topological polar surface area (TPSA) is 109 Å². The molecule has 0 radical (unpaired) electrons. The van der Waals surface area contributed by atoms with Crippen LogP contribution in [0.3, 0.4) is 0 Å². The van der Waals surface area contributed by atoms with E-state index in [0.29, 0.717) is 24.6 Å². The largest absolute Gasteiger partial charge is 0.483 e. The van der Waals surface area contributed by atoms with Crippen molar-refractivity contribution >= 4 is 23.7 Å². The van der Waals surface area contributed by atoms with Gasteiger partial charge in [-0.15, -0.1) is 10.2 Å². The highest BCUT2D eigenvalue weighted by atomic mass is 19.4. The van der Waals surface area contributed by atoms with Crippen LogP contribution in [-0.4, -0.2) is 37.3 Å². The summed E-state index contributed by atoms with van der Waals surface area (Å²) in [5, 5.41) is 21.6. The van der Waals surface area contributed by atoms with Gasteiger partial charge >= 0.3 is 6.18 Å². The molecule has 2 unspecified atom stereocenters. The van der Waals surface area contributed by atoms with E-state index in [2.05, 4.69) is 20.6 Å². The number of alkyl halides is 3. The molecule has 1 amide bonds. The molecule has 2 aromatic heterocycles. The molecule has 1 aliphatic carbocycles. The van der Waals surface area contributed by atoms with Crippen molar-refractivity contribution in [3.63, 3.8) is 0 Å². The van der Waals surface area contributed by atoms with E-state index in [1.807, 2.05) is 36.4 Å². The van der Waals surface area contributed by atoms with Gasteiger partial charge in [0.05, 0.1) is 16.9 Å². The maximum atomic E-state index is 14.2. The van der Waals surface area contributed by atoms with Crippen molar-refractivity contribution in [2.75, 3.05) is 5.32 Å². The molecule has 38 heavy (non-hydrogen) atoms. The first-order valence-corrected chi connectivity index (χ1v) is 11.7. The summed E-state index contributed by atoms with van der Waals surface area (Å²) in [4.78, 5) is 21.1. The Kier molecular flexibility index (Phi) is 7.99. The highest BCUT2D eigenvalue weighted by Gasteiger charge is 2.32. The van der Waals surface area contributed by atoms with Gasteiger partial charge in [0.25, 0.3) is 6.47 Å². The van der Waals surface area contributed by atoms with E-state index >= 15 is 0 Å². The fourth-order valence-corrected chi connectivity index (χ4v) is 4.57. The van der Waals surface area contributed by atoms with Crippen molar-refractivity contribution in [3.05, 3.63) is 77.9 Å². The molecular weight excluding hydrogens is 506 g/mol. The van der Waals surface area contributed by atoms with E-state index in [1.54, 1.807) is 4.52 Å². The van der Waals surface area contributed by atoms with Crippen LogP contribution in [0.1, 0.15) is 42.7 Å². The molecule has 1 aliphatic rings. The van der Waals surface area contributed by atoms with Crippen LogP contribution in [0.4, 0.5) is 23.2 Å². The molecule has 2 heterocycles. The molecule has 2 aromatic carbocycles. The first kappa shape index (κ1) is 26.7. The zero-order valence-electron chi connectivity index (χ0n) is 19.9. The molecular formula is C26H23F4N5O3. The number of halogens is 4. The van der Waals surface area contributed by atoms with E-state index in [4.69, 9.17) is 9.90 Å². The molecule has 5 rings (SSSR count). The zero-order chi connectivity index (χ0) is 27.3. The molecule has 12 heteroatoms. The Morgan fingerprint density at radius 1 is 1.08 bits per heavy atom. The molecule has 8 nitrogen and oxygen atoms in total. The molecule has 2 N–H and O–H groups in total. The lowest BCUT2D eigenvalue weighted by Gasteiger charge is -2.29. The first-order chi connectivity index (χ1) is 18.2. The van der Waals surface area contributed by atoms with Gasteiger partial charge in [0.1, 0.15) is 12.1 Å². The first-order valence-electron chi connectivity index (χ1n) is 11.7. The summed E-state index contributed by atoms with van der Waals surface area (Å²) in [6.45, 7) is -0.250. The quantitative estimate of drug-likeness (QED) is 0.265. The minimum Gasteiger partial charge on any atom is -0.483 e. The number of carboxylic acid groups (broad SMARTS) is 1. The van der Waals surface area contributed by atoms with Crippen LogP contribution in [0.2, 0.25) is 0 Å². The molecule has 1 saturated carbocycles. The summed E-state index contributed by atoms with van der Waals surface area (Å²) in [5.41, 5.74) is 2.14. The summed E-state index contributed by atoms with van der Waals surface area (Å²) in [5.74, 6) is -1.68. The van der Waals surface area contributed by atoms with Crippen molar-refractivity contribution < 1.29 is 32.3 Å². The summed E-state index contributed by atoms with van der Waals surface area (Å²) in [6.07, 6.45) is -0.135. The van der Waals surface area contributed by atoms with E-state index < -0.39 is 17.6 Å². The van der Waals surface area contributed by atoms with E-state index in [9.17, 15) is 22.4 Å². The highest BCUT2D eigenvalue weighted by molar-refractivity contribution is 5.92. The van der Waals surface area contributed by atoms with Gasteiger partial charge in [-0.3, -0.25) is 9.59 Å². The van der Waals surface area contributed by atoms with Gasteiger partial charge in [0, 0.05) is 11.5 Å². The van der Waals surface area contributed by atoms with Gasteiger partial charge in [0.15, 0.2) is 5.65 Å². The van der Waals surface area contributed by atoms with E-state index in [1.165, 1.54) is 6.33 Å². The molecule has 198 valence electrons. The van der Waals surface area contributed by atoms with Crippen LogP contribution in [0.5, 0.6) is 0 Å². The van der Waals surface area contributed by atoms with Crippen LogP contribution in [0, 0.1) is 11.7 Å². The predicted octanol–water partition coefficient (Wildman–Crippen LogP) is 5.56. The normalized spacial score (nSPS) is 17.4. The Labute approximate surface area is 214 Å². The van der Waals surface area contributed by atoms with Crippen molar-refractivity contribution in [1.82, 2.24) is 19.8 Å². The fraction of sp³-hybridized carbons (Fsp3) is 0.269. The molecule has 0 bridgehead atoms. The Morgan fingerprint density at radius 3 is 2.50 bits per heavy atom. The monoisotopic (exact) mass is 529 g/mol. The lowest BCUT2D eigenvalue weighted by molar-refractivity contribution is -0.137. The number of anilines is 1. The standard InChI is InChI=1S/C25H21F4N5O.CH2O2/c26-20-13-19(25(27,28)29)8-9-22(20)31-24(35)18-3-1-2-17(12-18)15-4-6-16(7-5-15)21-10-11-23-32-30-14-34(23)33-21;2-1-3/h4-11,13-14,17-18H,1-3,12H2,(H,31,35);1H,(H,2,3). The number of amides is 1. The van der Waals surface area contributed by atoms with Crippen molar-refractivity contribution in [2.24, 2.45) is 5.92 Å². The van der Waals surface area contributed by atoms with Gasteiger partial charge in [-0.25, -0.2) is 4.39 Å². The van der Waals surface area contributed by atoms with Crippen molar-refractivity contribution in [1.29, 1.82) is 0 Å². The Bertz CT molecular complexity index is 1420. The van der Waals surface area contributed by atoms with Crippen LogP contribution in [0.25, 0.3) is 16.9 Å². The lowest BCUT2D eigenvalue weighted by atomic mass is 9.77. The van der Waals surface area contributed by atoms with Crippen LogP contribution in [-0.2, 0) is 15.8 Å². The minimum absolute atomic E-state index is 0.152. The second-order valence-electron chi connectivity index (χ2n) is 8.82. The average Bonchev–Trinajstić information content (AvgIpc) is 3.38. The third kappa shape index (κ3) is 6.13. The second kappa shape index (κ2) is 11.4. The second-order valence-corrected chi connectivity index (χ2v) is 8.82. The highest BCUT2D eigenvalue weighted by Crippen LogP contribution is 2.38. The van der Waals surface area contributed by atoms with Crippen LogP contribution in [0.15, 0.2) is 60.9 Å². The SMILES string of the molecule is O=C(Nc1ccc(C(F)(F)F)cc1F)C1CCCC(c2ccc(-c3ccc4nncn4n3)cc2)C1.O=CO. The maximum absolute atomic E-state index is 14.2. The fourth-order valence-electron chi connectivity index (χ4n) is 4.57. The van der Waals surface area contributed by atoms with E-state index in [0.717, 1.165) is 41.8 Å². The van der Waals surface area contributed by atoms with E-state index in [-0.39, 0.29) is 29.9 Å². The summed E-state index contributed by atoms with van der Waals surface area (Å²) in [7, 11) is 0. The number of nitrogens with zero attached hydrogens (tertiary/aromatic N) is 4. The molecule has 1 fully saturated rings. The van der Waals surface area contributed by atoms with Gasteiger partial charge < -0.3 is 10.4 Å². The van der Waals surface area contributed by atoms with Crippen LogP contribution < -0.4 is 5.32 Å². The van der Waals surface area contributed by atoms with Gasteiger partial charge in [0.2, 0.25) is 5.91 Å².